The third kappa shape index (κ3) is 5.70. The Morgan fingerprint density at radius 1 is 1.08 bits per heavy atom. The number of hydrogen-bond donors (Lipinski definition) is 3. The lowest BCUT2D eigenvalue weighted by Gasteiger charge is -2.49. The van der Waals surface area contributed by atoms with Gasteiger partial charge in [0.1, 0.15) is 35.1 Å². The number of piperazine rings is 1. The number of hydrogen-bond acceptors (Lipinski definition) is 11. The topological polar surface area (TPSA) is 179 Å². The Kier molecular flexibility index (Phi) is 8.56. The minimum Gasteiger partial charge on any atom is -0.477 e. The van der Waals surface area contributed by atoms with E-state index >= 15 is 4.39 Å². The standard InChI is InChI=1S/C31H28FN5O9S3/c1-14-36-19-11-20(18(32)10-17(19)25(39)22(29(41)42)27(36)49-14)34-4-6-35(7-5-34)31(45)46-12-15-13-48-28-23(26(40)37(28)24(15)30(43)44)33-21(38)9-16-3-2-8-47-16/h2-3,8,10-11,14,23,28H,4-7,9,12-13H2,1H3,(H,33,38)(H,41,42)(H,43,44)/t14?,23-,28-/m1/s1. The van der Waals surface area contributed by atoms with E-state index in [0.717, 1.165) is 15.8 Å². The van der Waals surface area contributed by atoms with Crippen LogP contribution in [0.3, 0.4) is 0 Å². The number of carbonyl (C=O) groups is 5. The number of aromatic nitrogens is 1. The molecule has 0 spiro atoms. The molecule has 18 heteroatoms. The van der Waals surface area contributed by atoms with Crippen molar-refractivity contribution in [3.63, 3.8) is 0 Å². The first-order chi connectivity index (χ1) is 23.4. The molecule has 3 amide bonds. The number of carboxylic acids is 2. The van der Waals surface area contributed by atoms with Gasteiger partial charge in [0.05, 0.1) is 28.0 Å². The predicted molar refractivity (Wildman–Crippen MR) is 179 cm³/mol. The van der Waals surface area contributed by atoms with E-state index in [0.29, 0.717) is 10.5 Å². The van der Waals surface area contributed by atoms with Gasteiger partial charge in [-0.25, -0.2) is 18.8 Å². The number of rotatable bonds is 8. The number of amides is 3. The number of carbonyl (C=O) groups excluding carboxylic acids is 3. The maximum atomic E-state index is 15.4. The molecule has 4 aliphatic rings. The summed E-state index contributed by atoms with van der Waals surface area (Å²) in [5.41, 5.74) is -0.484. The van der Waals surface area contributed by atoms with Gasteiger partial charge in [-0.3, -0.25) is 19.3 Å². The summed E-state index contributed by atoms with van der Waals surface area (Å²) in [6.07, 6.45) is -0.582. The molecule has 3 aromatic rings. The van der Waals surface area contributed by atoms with E-state index in [4.69, 9.17) is 4.74 Å². The summed E-state index contributed by atoms with van der Waals surface area (Å²) in [7, 11) is 0. The first-order valence-corrected chi connectivity index (χ1v) is 18.0. The Labute approximate surface area is 289 Å². The lowest BCUT2D eigenvalue weighted by Crippen LogP contribution is -2.70. The Bertz CT molecular complexity index is 2030. The highest BCUT2D eigenvalue weighted by molar-refractivity contribution is 8.00. The van der Waals surface area contributed by atoms with Gasteiger partial charge in [0.25, 0.3) is 5.91 Å². The summed E-state index contributed by atoms with van der Waals surface area (Å²) in [4.78, 5) is 80.4. The van der Waals surface area contributed by atoms with Crippen molar-refractivity contribution in [1.29, 1.82) is 0 Å². The van der Waals surface area contributed by atoms with Crippen molar-refractivity contribution in [2.24, 2.45) is 0 Å². The van der Waals surface area contributed by atoms with Crippen molar-refractivity contribution in [3.05, 3.63) is 67.4 Å². The van der Waals surface area contributed by atoms with E-state index < -0.39 is 46.6 Å². The quantitative estimate of drug-likeness (QED) is 0.289. The van der Waals surface area contributed by atoms with Gasteiger partial charge in [0, 0.05) is 47.8 Å². The molecule has 2 aromatic heterocycles. The molecule has 49 heavy (non-hydrogen) atoms. The lowest BCUT2D eigenvalue weighted by molar-refractivity contribution is -0.150. The normalized spacial score (nSPS) is 21.5. The highest BCUT2D eigenvalue weighted by atomic mass is 32.2. The Morgan fingerprint density at radius 3 is 2.49 bits per heavy atom. The van der Waals surface area contributed by atoms with Gasteiger partial charge in [0.15, 0.2) is 0 Å². The molecule has 1 unspecified atom stereocenters. The number of nitrogens with one attached hydrogen (secondary N) is 1. The van der Waals surface area contributed by atoms with Gasteiger partial charge in [-0.2, -0.15) is 0 Å². The van der Waals surface area contributed by atoms with Gasteiger partial charge in [-0.15, -0.1) is 23.1 Å². The summed E-state index contributed by atoms with van der Waals surface area (Å²) in [6.45, 7) is 2.29. The number of halogens is 1. The molecular weight excluding hydrogens is 702 g/mol. The van der Waals surface area contributed by atoms with Crippen LogP contribution in [0, 0.1) is 5.82 Å². The molecular formula is C31H28FN5O9S3. The number of carboxylic acid groups (broad SMARTS) is 2. The van der Waals surface area contributed by atoms with Crippen molar-refractivity contribution in [2.75, 3.05) is 43.4 Å². The monoisotopic (exact) mass is 729 g/mol. The molecule has 0 aliphatic carbocycles. The third-order valence-corrected chi connectivity index (χ3v) is 12.2. The van der Waals surface area contributed by atoms with E-state index in [-0.39, 0.29) is 84.1 Å². The second-order valence-corrected chi connectivity index (χ2v) is 15.2. The van der Waals surface area contributed by atoms with E-state index in [2.05, 4.69) is 5.32 Å². The molecule has 1 aromatic carbocycles. The number of aromatic carboxylic acids is 1. The van der Waals surface area contributed by atoms with Crippen LogP contribution in [0.4, 0.5) is 14.9 Å². The maximum Gasteiger partial charge on any atom is 0.410 e. The smallest absolute Gasteiger partial charge is 0.410 e. The molecule has 0 radical (unpaired) electrons. The minimum absolute atomic E-state index is 0.0201. The largest absolute Gasteiger partial charge is 0.477 e. The number of β-lactam (4-membered cyclic amide) rings is 1. The molecule has 3 atom stereocenters. The van der Waals surface area contributed by atoms with E-state index in [1.54, 1.807) is 9.47 Å². The molecule has 14 nitrogen and oxygen atoms in total. The molecule has 2 fully saturated rings. The average Bonchev–Trinajstić information content (AvgIpc) is 3.58. The fraction of sp³-hybridized carbons (Fsp3) is 0.355. The summed E-state index contributed by atoms with van der Waals surface area (Å²) >= 11 is 3.95. The van der Waals surface area contributed by atoms with Crippen LogP contribution in [-0.4, -0.2) is 104 Å². The van der Waals surface area contributed by atoms with Gasteiger partial charge in [-0.05, 0) is 30.5 Å². The van der Waals surface area contributed by atoms with Gasteiger partial charge in [0.2, 0.25) is 11.3 Å². The zero-order chi connectivity index (χ0) is 34.7. The number of thiophene rings is 1. The summed E-state index contributed by atoms with van der Waals surface area (Å²) in [6, 6.07) is 5.37. The van der Waals surface area contributed by atoms with Crippen LogP contribution in [0.2, 0.25) is 0 Å². The summed E-state index contributed by atoms with van der Waals surface area (Å²) < 4.78 is 22.5. The van der Waals surface area contributed by atoms with Crippen LogP contribution in [0.25, 0.3) is 10.9 Å². The van der Waals surface area contributed by atoms with Gasteiger partial charge >= 0.3 is 18.0 Å². The van der Waals surface area contributed by atoms with E-state index in [9.17, 15) is 39.0 Å². The van der Waals surface area contributed by atoms with Crippen LogP contribution >= 0.6 is 34.9 Å². The number of anilines is 1. The second-order valence-electron chi connectivity index (χ2n) is 11.7. The Morgan fingerprint density at radius 2 is 1.84 bits per heavy atom. The Hall–Kier alpha value is -4.55. The van der Waals surface area contributed by atoms with Crippen LogP contribution in [0.1, 0.15) is 27.5 Å². The minimum atomic E-state index is -1.36. The molecule has 7 rings (SSSR count). The number of ether oxygens (including phenoxy) is 1. The summed E-state index contributed by atoms with van der Waals surface area (Å²) in [5.74, 6) is -4.11. The summed E-state index contributed by atoms with van der Waals surface area (Å²) in [5, 5.41) is 23.6. The van der Waals surface area contributed by atoms with Crippen molar-refractivity contribution >= 4 is 81.3 Å². The highest BCUT2D eigenvalue weighted by Gasteiger charge is 2.54. The average molecular weight is 730 g/mol. The van der Waals surface area contributed by atoms with Crippen molar-refractivity contribution in [1.82, 2.24) is 19.7 Å². The zero-order valence-corrected chi connectivity index (χ0v) is 28.2. The second kappa shape index (κ2) is 12.7. The van der Waals surface area contributed by atoms with Crippen LogP contribution in [-0.2, 0) is 25.5 Å². The molecule has 4 aliphatic heterocycles. The number of pyridine rings is 1. The van der Waals surface area contributed by atoms with E-state index in [1.165, 1.54) is 45.8 Å². The number of nitrogens with zero attached hydrogens (tertiary/aromatic N) is 4. The number of fused-ring (bicyclic) bond motifs is 4. The van der Waals surface area contributed by atoms with Crippen molar-refractivity contribution in [2.45, 2.75) is 35.2 Å². The predicted octanol–water partition coefficient (Wildman–Crippen LogP) is 2.76. The maximum absolute atomic E-state index is 15.4. The number of benzene rings is 1. The zero-order valence-electron chi connectivity index (χ0n) is 25.7. The fourth-order valence-corrected chi connectivity index (χ4v) is 9.61. The molecule has 0 saturated carbocycles. The van der Waals surface area contributed by atoms with Crippen LogP contribution in [0.5, 0.6) is 0 Å². The molecule has 6 heterocycles. The van der Waals surface area contributed by atoms with Crippen molar-refractivity contribution < 1.29 is 43.3 Å². The first-order valence-electron chi connectivity index (χ1n) is 15.1. The molecule has 0 bridgehead atoms. The number of aliphatic carboxylic acids is 1. The van der Waals surface area contributed by atoms with Gasteiger partial charge < -0.3 is 34.6 Å². The fourth-order valence-electron chi connectivity index (χ4n) is 6.43. The highest BCUT2D eigenvalue weighted by Crippen LogP contribution is 2.47. The number of thioether (sulfide) groups is 2. The SMILES string of the molecule is CC1Sc2c(C(=O)O)c(=O)c3cc(F)c(N4CCN(C(=O)OCC5=C(C(=O)O)N6C(=O)[C@@H](NC(=O)Cc7cccs7)[C@H]6SC5)CC4)cc3n21. The van der Waals surface area contributed by atoms with Crippen LogP contribution in [0.15, 0.2) is 50.7 Å². The van der Waals surface area contributed by atoms with Crippen LogP contribution < -0.4 is 15.6 Å². The molecule has 2 saturated heterocycles. The third-order valence-electron chi connectivity index (χ3n) is 8.82. The van der Waals surface area contributed by atoms with Gasteiger partial charge in [-0.1, -0.05) is 17.8 Å². The van der Waals surface area contributed by atoms with Crippen molar-refractivity contribution in [3.8, 4) is 0 Å². The lowest BCUT2D eigenvalue weighted by atomic mass is 10.0. The molecule has 3 N–H and O–H groups in total. The molecule has 256 valence electrons. The Balaban J connectivity index is 0.985. The first kappa shape index (κ1) is 33.0. The van der Waals surface area contributed by atoms with E-state index in [1.807, 2.05) is 24.4 Å².